The Bertz CT molecular complexity index is 697. The number of hydrogen-bond acceptors (Lipinski definition) is 2. The third-order valence-electron chi connectivity index (χ3n) is 5.73. The summed E-state index contributed by atoms with van der Waals surface area (Å²) >= 11 is 0. The van der Waals surface area contributed by atoms with E-state index in [4.69, 9.17) is 0 Å². The van der Waals surface area contributed by atoms with Crippen molar-refractivity contribution in [2.24, 2.45) is 0 Å². The van der Waals surface area contributed by atoms with Gasteiger partial charge < -0.3 is 9.69 Å². The lowest BCUT2D eigenvalue weighted by Gasteiger charge is -2.31. The fourth-order valence-corrected chi connectivity index (χ4v) is 3.79. The SMILES string of the molecule is CC(=O)CC/C=C(\C)CC/C=C(\C)CC/C=C(\C)CC/C=C(\C)C(=O)N(C(C)C)C(C)C. The first kappa shape index (κ1) is 30.1. The summed E-state index contributed by atoms with van der Waals surface area (Å²) in [4.78, 5) is 25.6. The van der Waals surface area contributed by atoms with Crippen LogP contribution in [0.5, 0.6) is 0 Å². The third kappa shape index (κ3) is 14.2. The fourth-order valence-electron chi connectivity index (χ4n) is 3.79. The largest absolute Gasteiger partial charge is 0.334 e. The van der Waals surface area contributed by atoms with Gasteiger partial charge in [-0.25, -0.2) is 0 Å². The van der Waals surface area contributed by atoms with Gasteiger partial charge in [0.05, 0.1) is 0 Å². The lowest BCUT2D eigenvalue weighted by Crippen LogP contribution is -2.42. The summed E-state index contributed by atoms with van der Waals surface area (Å²) in [6.07, 6.45) is 16.7. The molecule has 0 aromatic carbocycles. The molecule has 1 amide bonds. The summed E-state index contributed by atoms with van der Waals surface area (Å²) in [5, 5.41) is 0. The van der Waals surface area contributed by atoms with Crippen LogP contribution in [0.3, 0.4) is 0 Å². The summed E-state index contributed by atoms with van der Waals surface area (Å²) in [5.41, 5.74) is 5.06. The monoisotopic (exact) mass is 443 g/mol. The average Bonchev–Trinajstić information content (AvgIpc) is 2.66. The van der Waals surface area contributed by atoms with E-state index >= 15 is 0 Å². The maximum absolute atomic E-state index is 12.7. The number of hydrogen-bond donors (Lipinski definition) is 0. The molecule has 0 saturated heterocycles. The first-order valence-corrected chi connectivity index (χ1v) is 12.4. The number of carbonyl (C=O) groups excluding carboxylic acids is 2. The molecule has 0 aromatic rings. The highest BCUT2D eigenvalue weighted by Gasteiger charge is 2.20. The summed E-state index contributed by atoms with van der Waals surface area (Å²) in [7, 11) is 0. The van der Waals surface area contributed by atoms with Gasteiger partial charge >= 0.3 is 0 Å². The molecule has 182 valence electrons. The van der Waals surface area contributed by atoms with E-state index in [9.17, 15) is 9.59 Å². The molecule has 0 aromatic heterocycles. The highest BCUT2D eigenvalue weighted by Crippen LogP contribution is 2.15. The standard InChI is InChI=1S/C29H49NO2/c1-22(2)30(23(3)4)29(32)27(8)20-12-18-25(6)16-10-14-24(5)15-11-17-26(7)19-13-21-28(9)31/h15-16,19-20,22-23H,10-14,17-18,21H2,1-9H3/b24-15+,25-16+,26-19+,27-20+. The molecule has 0 spiro atoms. The second-order valence-corrected chi connectivity index (χ2v) is 9.80. The fraction of sp³-hybridized carbons (Fsp3) is 0.655. The van der Waals surface area contributed by atoms with Gasteiger partial charge in [0.25, 0.3) is 0 Å². The van der Waals surface area contributed by atoms with E-state index in [1.165, 1.54) is 16.7 Å². The summed E-state index contributed by atoms with van der Waals surface area (Å²) in [6.45, 7) is 18.4. The molecule has 0 atom stereocenters. The molecule has 0 heterocycles. The maximum atomic E-state index is 12.7. The van der Waals surface area contributed by atoms with Crippen molar-refractivity contribution in [3.05, 3.63) is 46.6 Å². The second kappa shape index (κ2) is 16.7. The van der Waals surface area contributed by atoms with Crippen LogP contribution in [0.2, 0.25) is 0 Å². The highest BCUT2D eigenvalue weighted by molar-refractivity contribution is 5.93. The normalized spacial score (nSPS) is 13.8. The molecule has 3 heteroatoms. The molecule has 0 fully saturated rings. The Hall–Kier alpha value is -1.90. The third-order valence-corrected chi connectivity index (χ3v) is 5.73. The summed E-state index contributed by atoms with van der Waals surface area (Å²) in [6, 6.07) is 0.436. The topological polar surface area (TPSA) is 37.4 Å². The molecule has 0 aliphatic carbocycles. The minimum atomic E-state index is 0.154. The van der Waals surface area contributed by atoms with Crippen LogP contribution >= 0.6 is 0 Å². The Morgan fingerprint density at radius 1 is 0.594 bits per heavy atom. The first-order chi connectivity index (χ1) is 15.0. The number of ketones is 1. The number of carbonyl (C=O) groups is 2. The Balaban J connectivity index is 4.38. The van der Waals surface area contributed by atoms with Crippen molar-refractivity contribution in [3.8, 4) is 0 Å². The van der Waals surface area contributed by atoms with Crippen LogP contribution in [0, 0.1) is 0 Å². The van der Waals surface area contributed by atoms with Crippen LogP contribution in [-0.4, -0.2) is 28.7 Å². The molecule has 0 rings (SSSR count). The molecule has 0 unspecified atom stereocenters. The van der Waals surface area contributed by atoms with Gasteiger partial charge in [-0.1, -0.05) is 41.0 Å². The van der Waals surface area contributed by atoms with E-state index in [0.717, 1.165) is 50.5 Å². The number of allylic oxidation sites excluding steroid dienone is 7. The smallest absolute Gasteiger partial charge is 0.249 e. The van der Waals surface area contributed by atoms with Crippen molar-refractivity contribution in [1.82, 2.24) is 4.90 Å². The van der Waals surface area contributed by atoms with Gasteiger partial charge in [-0.2, -0.15) is 0 Å². The number of rotatable bonds is 15. The van der Waals surface area contributed by atoms with E-state index in [-0.39, 0.29) is 23.8 Å². The number of Topliss-reactive ketones (excluding diaryl/α,β-unsaturated/α-hetero) is 1. The van der Waals surface area contributed by atoms with Gasteiger partial charge in [0.2, 0.25) is 5.91 Å². The Labute approximate surface area is 198 Å². The van der Waals surface area contributed by atoms with Crippen LogP contribution in [0.1, 0.15) is 114 Å². The first-order valence-electron chi connectivity index (χ1n) is 12.4. The summed E-state index contributed by atoms with van der Waals surface area (Å²) in [5.74, 6) is 0.415. The molecule has 3 nitrogen and oxygen atoms in total. The minimum Gasteiger partial charge on any atom is -0.334 e. The van der Waals surface area contributed by atoms with Crippen molar-refractivity contribution >= 4 is 11.7 Å². The molecule has 0 saturated carbocycles. The minimum absolute atomic E-state index is 0.154. The predicted octanol–water partition coefficient (Wildman–Crippen LogP) is 8.13. The molecular weight excluding hydrogens is 394 g/mol. The second-order valence-electron chi connectivity index (χ2n) is 9.80. The average molecular weight is 444 g/mol. The van der Waals surface area contributed by atoms with Gasteiger partial charge in [-0.3, -0.25) is 4.79 Å². The Morgan fingerprint density at radius 3 is 1.28 bits per heavy atom. The molecule has 0 radical (unpaired) electrons. The molecule has 0 N–H and O–H groups in total. The molecule has 0 aliphatic rings. The van der Waals surface area contributed by atoms with Crippen LogP contribution < -0.4 is 0 Å². The van der Waals surface area contributed by atoms with Crippen LogP contribution in [0.25, 0.3) is 0 Å². The van der Waals surface area contributed by atoms with Crippen LogP contribution in [0.15, 0.2) is 46.6 Å². The van der Waals surface area contributed by atoms with E-state index < -0.39 is 0 Å². The Kier molecular flexibility index (Phi) is 15.7. The number of amides is 1. The molecule has 0 aliphatic heterocycles. The van der Waals surface area contributed by atoms with Gasteiger partial charge in [0.1, 0.15) is 5.78 Å². The quantitative estimate of drug-likeness (QED) is 0.189. The van der Waals surface area contributed by atoms with E-state index in [1.807, 2.05) is 11.8 Å². The lowest BCUT2D eigenvalue weighted by molar-refractivity contribution is -0.130. The number of nitrogens with zero attached hydrogens (tertiary/aromatic N) is 1. The van der Waals surface area contributed by atoms with Gasteiger partial charge in [0, 0.05) is 24.1 Å². The van der Waals surface area contributed by atoms with Crippen molar-refractivity contribution in [2.75, 3.05) is 0 Å². The molecule has 0 bridgehead atoms. The van der Waals surface area contributed by atoms with Crippen molar-refractivity contribution < 1.29 is 9.59 Å². The van der Waals surface area contributed by atoms with Crippen LogP contribution in [-0.2, 0) is 9.59 Å². The van der Waals surface area contributed by atoms with Gasteiger partial charge in [-0.15, -0.1) is 0 Å². The van der Waals surface area contributed by atoms with Gasteiger partial charge in [0.15, 0.2) is 0 Å². The predicted molar refractivity (Wildman–Crippen MR) is 140 cm³/mol. The van der Waals surface area contributed by atoms with Crippen molar-refractivity contribution in [1.29, 1.82) is 0 Å². The highest BCUT2D eigenvalue weighted by atomic mass is 16.2. The van der Waals surface area contributed by atoms with E-state index in [2.05, 4.69) is 72.8 Å². The van der Waals surface area contributed by atoms with Crippen LogP contribution in [0.4, 0.5) is 0 Å². The zero-order chi connectivity index (χ0) is 24.7. The van der Waals surface area contributed by atoms with Crippen molar-refractivity contribution in [3.63, 3.8) is 0 Å². The van der Waals surface area contributed by atoms with Gasteiger partial charge in [-0.05, 0) is 107 Å². The van der Waals surface area contributed by atoms with Crippen molar-refractivity contribution in [2.45, 2.75) is 126 Å². The lowest BCUT2D eigenvalue weighted by atomic mass is 10.0. The zero-order valence-electron chi connectivity index (χ0n) is 22.4. The van der Waals surface area contributed by atoms with E-state index in [1.54, 1.807) is 6.92 Å². The Morgan fingerprint density at radius 2 is 0.938 bits per heavy atom. The maximum Gasteiger partial charge on any atom is 0.249 e. The summed E-state index contributed by atoms with van der Waals surface area (Å²) < 4.78 is 0. The van der Waals surface area contributed by atoms with E-state index in [0.29, 0.717) is 6.42 Å². The zero-order valence-corrected chi connectivity index (χ0v) is 22.4. The molecular formula is C29H49NO2. The molecule has 32 heavy (non-hydrogen) atoms.